The zero-order valence-electron chi connectivity index (χ0n) is 12.2. The lowest BCUT2D eigenvalue weighted by atomic mass is 10.1. The van der Waals surface area contributed by atoms with Gasteiger partial charge in [-0.2, -0.15) is 0 Å². The minimum Gasteiger partial charge on any atom is -0.375 e. The van der Waals surface area contributed by atoms with Gasteiger partial charge in [0.15, 0.2) is 0 Å². The van der Waals surface area contributed by atoms with Crippen LogP contribution < -0.4 is 0 Å². The van der Waals surface area contributed by atoms with Gasteiger partial charge in [0.25, 0.3) is 5.91 Å². The Morgan fingerprint density at radius 3 is 2.95 bits per heavy atom. The minimum absolute atomic E-state index is 0.00861. The minimum atomic E-state index is 0.00861. The molecule has 0 spiro atoms. The number of aromatic nitrogens is 1. The molecule has 1 amide bonds. The second kappa shape index (κ2) is 6.55. The lowest BCUT2D eigenvalue weighted by Crippen LogP contribution is -2.50. The Bertz CT molecular complexity index is 493. The zero-order valence-corrected chi connectivity index (χ0v) is 13.0. The summed E-state index contributed by atoms with van der Waals surface area (Å²) in [6.07, 6.45) is 1.88. The Hall–Kier alpha value is -1.13. The summed E-state index contributed by atoms with van der Waals surface area (Å²) >= 11 is 6.03. The number of halogens is 1. The van der Waals surface area contributed by atoms with Crippen LogP contribution >= 0.6 is 11.6 Å². The molecule has 1 aromatic heterocycles. The number of rotatable bonds is 3. The van der Waals surface area contributed by atoms with Crippen LogP contribution in [0.25, 0.3) is 0 Å². The van der Waals surface area contributed by atoms with Crippen LogP contribution in [-0.4, -0.2) is 41.1 Å². The number of hydrogen-bond donors (Lipinski definition) is 0. The molecule has 1 saturated heterocycles. The first kappa shape index (κ1) is 15.3. The monoisotopic (exact) mass is 296 g/mol. The largest absolute Gasteiger partial charge is 0.375 e. The predicted molar refractivity (Wildman–Crippen MR) is 79.2 cm³/mol. The number of morpholine rings is 1. The molecule has 1 aliphatic rings. The van der Waals surface area contributed by atoms with Gasteiger partial charge >= 0.3 is 0 Å². The van der Waals surface area contributed by atoms with Crippen LogP contribution in [0.1, 0.15) is 43.2 Å². The third-order valence-electron chi connectivity index (χ3n) is 3.47. The molecule has 1 aliphatic heterocycles. The van der Waals surface area contributed by atoms with E-state index in [2.05, 4.69) is 11.9 Å². The normalized spacial score (nSPS) is 22.9. The van der Waals surface area contributed by atoms with Crippen LogP contribution in [0.15, 0.2) is 12.1 Å². The SMILES string of the molecule is CCCc1cc(C(=O)N2CC(C)OCC2C)cc(Cl)n1. The van der Waals surface area contributed by atoms with Crippen molar-refractivity contribution in [2.24, 2.45) is 0 Å². The Morgan fingerprint density at radius 1 is 1.50 bits per heavy atom. The molecule has 2 rings (SSSR count). The number of nitrogens with zero attached hydrogens (tertiary/aromatic N) is 2. The maximum Gasteiger partial charge on any atom is 0.254 e. The summed E-state index contributed by atoms with van der Waals surface area (Å²) in [4.78, 5) is 18.8. The van der Waals surface area contributed by atoms with E-state index < -0.39 is 0 Å². The van der Waals surface area contributed by atoms with Crippen LogP contribution in [0.2, 0.25) is 5.15 Å². The average molecular weight is 297 g/mol. The van der Waals surface area contributed by atoms with E-state index in [1.165, 1.54) is 0 Å². The molecule has 0 radical (unpaired) electrons. The summed E-state index contributed by atoms with van der Waals surface area (Å²) in [5, 5.41) is 0.383. The van der Waals surface area contributed by atoms with Gasteiger partial charge < -0.3 is 9.64 Å². The summed E-state index contributed by atoms with van der Waals surface area (Å²) < 4.78 is 5.56. The molecule has 0 saturated carbocycles. The Balaban J connectivity index is 2.23. The van der Waals surface area contributed by atoms with Crippen LogP contribution in [0.5, 0.6) is 0 Å². The summed E-state index contributed by atoms with van der Waals surface area (Å²) in [7, 11) is 0. The molecule has 110 valence electrons. The van der Waals surface area contributed by atoms with Crippen molar-refractivity contribution in [1.29, 1.82) is 0 Å². The summed E-state index contributed by atoms with van der Waals surface area (Å²) in [5.41, 5.74) is 1.49. The standard InChI is InChI=1S/C15H21ClN2O2/c1-4-5-13-6-12(7-14(16)17-13)15(19)18-8-11(3)20-9-10(18)2/h6-7,10-11H,4-5,8-9H2,1-3H3. The quantitative estimate of drug-likeness (QED) is 0.806. The second-order valence-electron chi connectivity index (χ2n) is 5.37. The fourth-order valence-corrected chi connectivity index (χ4v) is 2.64. The summed E-state index contributed by atoms with van der Waals surface area (Å²) in [6.45, 7) is 7.25. The van der Waals surface area contributed by atoms with E-state index in [4.69, 9.17) is 16.3 Å². The summed E-state index contributed by atoms with van der Waals surface area (Å²) in [6, 6.07) is 3.58. The molecular weight excluding hydrogens is 276 g/mol. The van der Waals surface area contributed by atoms with Crippen LogP contribution in [0.3, 0.4) is 0 Å². The van der Waals surface area contributed by atoms with Crippen LogP contribution in [-0.2, 0) is 11.2 Å². The van der Waals surface area contributed by atoms with Gasteiger partial charge in [0.05, 0.1) is 18.8 Å². The van der Waals surface area contributed by atoms with Gasteiger partial charge in [-0.1, -0.05) is 24.9 Å². The molecule has 0 bridgehead atoms. The first-order valence-corrected chi connectivity index (χ1v) is 7.48. The van der Waals surface area contributed by atoms with Crippen molar-refractivity contribution in [3.63, 3.8) is 0 Å². The summed E-state index contributed by atoms with van der Waals surface area (Å²) in [5.74, 6) is 0.00861. The van der Waals surface area contributed by atoms with E-state index in [0.717, 1.165) is 18.5 Å². The Kier molecular flexibility index (Phi) is 5.00. The molecule has 1 fully saturated rings. The fourth-order valence-electron chi connectivity index (χ4n) is 2.41. The molecule has 0 aliphatic carbocycles. The van der Waals surface area contributed by atoms with Crippen molar-refractivity contribution in [2.75, 3.05) is 13.2 Å². The van der Waals surface area contributed by atoms with Gasteiger partial charge in [-0.25, -0.2) is 4.98 Å². The van der Waals surface area contributed by atoms with E-state index in [9.17, 15) is 4.79 Å². The molecule has 2 atom stereocenters. The highest BCUT2D eigenvalue weighted by Gasteiger charge is 2.28. The smallest absolute Gasteiger partial charge is 0.254 e. The van der Waals surface area contributed by atoms with Crippen molar-refractivity contribution >= 4 is 17.5 Å². The number of pyridine rings is 1. The van der Waals surface area contributed by atoms with Gasteiger partial charge in [0.1, 0.15) is 5.15 Å². The first-order valence-electron chi connectivity index (χ1n) is 7.10. The maximum atomic E-state index is 12.6. The molecular formula is C15H21ClN2O2. The highest BCUT2D eigenvalue weighted by Crippen LogP contribution is 2.18. The topological polar surface area (TPSA) is 42.4 Å². The van der Waals surface area contributed by atoms with Crippen LogP contribution in [0, 0.1) is 0 Å². The molecule has 1 aromatic rings. The van der Waals surface area contributed by atoms with Crippen LogP contribution in [0.4, 0.5) is 0 Å². The molecule has 0 aromatic carbocycles. The Morgan fingerprint density at radius 2 is 2.25 bits per heavy atom. The lowest BCUT2D eigenvalue weighted by Gasteiger charge is -2.36. The van der Waals surface area contributed by atoms with Crippen molar-refractivity contribution < 1.29 is 9.53 Å². The van der Waals surface area contributed by atoms with Gasteiger partial charge in [0.2, 0.25) is 0 Å². The van der Waals surface area contributed by atoms with Crippen molar-refractivity contribution in [2.45, 2.75) is 45.8 Å². The maximum absolute atomic E-state index is 12.6. The molecule has 20 heavy (non-hydrogen) atoms. The second-order valence-corrected chi connectivity index (χ2v) is 5.76. The van der Waals surface area contributed by atoms with Gasteiger partial charge in [-0.3, -0.25) is 4.79 Å². The van der Waals surface area contributed by atoms with E-state index in [0.29, 0.717) is 23.9 Å². The van der Waals surface area contributed by atoms with E-state index in [-0.39, 0.29) is 18.1 Å². The predicted octanol–water partition coefficient (Wildman–Crippen LogP) is 2.94. The number of hydrogen-bond acceptors (Lipinski definition) is 3. The molecule has 4 nitrogen and oxygen atoms in total. The van der Waals surface area contributed by atoms with Gasteiger partial charge in [0, 0.05) is 17.8 Å². The third kappa shape index (κ3) is 3.49. The molecule has 0 N–H and O–H groups in total. The molecule has 2 heterocycles. The number of carbonyl (C=O) groups is 1. The van der Waals surface area contributed by atoms with Gasteiger partial charge in [-0.15, -0.1) is 0 Å². The molecule has 2 unspecified atom stereocenters. The fraction of sp³-hybridized carbons (Fsp3) is 0.600. The van der Waals surface area contributed by atoms with E-state index in [1.54, 1.807) is 6.07 Å². The van der Waals surface area contributed by atoms with E-state index in [1.807, 2.05) is 24.8 Å². The molecule has 5 heteroatoms. The number of aryl methyl sites for hydroxylation is 1. The van der Waals surface area contributed by atoms with Crippen molar-refractivity contribution in [3.8, 4) is 0 Å². The van der Waals surface area contributed by atoms with Gasteiger partial charge in [-0.05, 0) is 32.4 Å². The lowest BCUT2D eigenvalue weighted by molar-refractivity contribution is -0.0387. The average Bonchev–Trinajstić information content (AvgIpc) is 2.40. The van der Waals surface area contributed by atoms with Crippen molar-refractivity contribution in [1.82, 2.24) is 9.88 Å². The number of carbonyl (C=O) groups excluding carboxylic acids is 1. The van der Waals surface area contributed by atoms with Crippen molar-refractivity contribution in [3.05, 3.63) is 28.5 Å². The zero-order chi connectivity index (χ0) is 14.7. The number of ether oxygens (including phenoxy) is 1. The highest BCUT2D eigenvalue weighted by molar-refractivity contribution is 6.29. The third-order valence-corrected chi connectivity index (χ3v) is 3.66. The van der Waals surface area contributed by atoms with E-state index >= 15 is 0 Å². The Labute approximate surface area is 125 Å². The first-order chi connectivity index (χ1) is 9.51. The highest BCUT2D eigenvalue weighted by atomic mass is 35.5. The number of amides is 1.